The van der Waals surface area contributed by atoms with Gasteiger partial charge in [-0.25, -0.2) is 4.79 Å². The lowest BCUT2D eigenvalue weighted by atomic mass is 9.71. The standard InChI is InChI=1S/C28H29ClN2O3/c29-24-13-18(28-14-16-10-17(15-28)12-19(28)11-16)4-9-25(24)30-20-5-7-21(8-6-20)31-26(32)22-2-1-3-23(22)27(33)34/h4-9,13,16-17,19,30H,1-3,10-12,14-15H2,(H,31,32)(H,33,34). The third kappa shape index (κ3) is 3.61. The third-order valence-electron chi connectivity index (χ3n) is 8.71. The Morgan fingerprint density at radius 1 is 0.912 bits per heavy atom. The summed E-state index contributed by atoms with van der Waals surface area (Å²) >= 11 is 6.73. The van der Waals surface area contributed by atoms with E-state index >= 15 is 0 Å². The van der Waals surface area contributed by atoms with Crippen molar-refractivity contribution in [3.8, 4) is 0 Å². The Morgan fingerprint density at radius 2 is 1.59 bits per heavy atom. The van der Waals surface area contributed by atoms with Crippen molar-refractivity contribution in [1.29, 1.82) is 0 Å². The average molecular weight is 477 g/mol. The second-order valence-electron chi connectivity index (χ2n) is 10.7. The molecule has 0 heterocycles. The lowest BCUT2D eigenvalue weighted by Crippen LogP contribution is -2.27. The molecule has 2 aromatic carbocycles. The quantitative estimate of drug-likeness (QED) is 0.435. The highest BCUT2D eigenvalue weighted by atomic mass is 35.5. The first-order valence-electron chi connectivity index (χ1n) is 12.3. The minimum Gasteiger partial charge on any atom is -0.478 e. The molecule has 3 N–H and O–H groups in total. The molecule has 4 saturated carbocycles. The molecular formula is C28H29ClN2O3. The highest BCUT2D eigenvalue weighted by Gasteiger charge is 2.58. The van der Waals surface area contributed by atoms with E-state index in [1.165, 1.54) is 37.7 Å². The number of carboxylic acid groups (broad SMARTS) is 1. The number of nitrogens with one attached hydrogen (secondary N) is 2. The smallest absolute Gasteiger partial charge is 0.332 e. The van der Waals surface area contributed by atoms with Crippen LogP contribution in [0.3, 0.4) is 0 Å². The van der Waals surface area contributed by atoms with E-state index in [1.807, 2.05) is 24.3 Å². The predicted molar refractivity (Wildman–Crippen MR) is 134 cm³/mol. The molecule has 4 bridgehead atoms. The molecule has 5 aliphatic carbocycles. The summed E-state index contributed by atoms with van der Waals surface area (Å²) in [6.07, 6.45) is 8.53. The number of carbonyl (C=O) groups is 2. The highest BCUT2D eigenvalue weighted by molar-refractivity contribution is 6.33. The van der Waals surface area contributed by atoms with E-state index in [4.69, 9.17) is 11.6 Å². The van der Waals surface area contributed by atoms with Crippen molar-refractivity contribution >= 4 is 40.5 Å². The number of halogens is 1. The normalized spacial score (nSPS) is 29.0. The largest absolute Gasteiger partial charge is 0.478 e. The monoisotopic (exact) mass is 476 g/mol. The van der Waals surface area contributed by atoms with Gasteiger partial charge in [0.2, 0.25) is 0 Å². The molecule has 176 valence electrons. The van der Waals surface area contributed by atoms with E-state index in [0.717, 1.165) is 34.2 Å². The van der Waals surface area contributed by atoms with Gasteiger partial charge in [0.15, 0.2) is 0 Å². The molecule has 6 heteroatoms. The Morgan fingerprint density at radius 3 is 2.26 bits per heavy atom. The van der Waals surface area contributed by atoms with E-state index in [1.54, 1.807) is 0 Å². The average Bonchev–Trinajstić information content (AvgIpc) is 3.47. The van der Waals surface area contributed by atoms with Gasteiger partial charge >= 0.3 is 5.97 Å². The van der Waals surface area contributed by atoms with Gasteiger partial charge in [-0.2, -0.15) is 0 Å². The molecule has 1 amide bonds. The fourth-order valence-electron chi connectivity index (χ4n) is 7.42. The Balaban J connectivity index is 1.14. The summed E-state index contributed by atoms with van der Waals surface area (Å²) in [6.45, 7) is 0. The molecule has 0 aromatic heterocycles. The zero-order chi connectivity index (χ0) is 23.4. The van der Waals surface area contributed by atoms with Gasteiger partial charge in [-0.15, -0.1) is 0 Å². The number of amides is 1. The predicted octanol–water partition coefficient (Wildman–Crippen LogP) is 6.66. The van der Waals surface area contributed by atoms with Crippen LogP contribution in [0.4, 0.5) is 17.1 Å². The molecule has 0 spiro atoms. The van der Waals surface area contributed by atoms with Gasteiger partial charge in [-0.1, -0.05) is 17.7 Å². The van der Waals surface area contributed by atoms with E-state index in [2.05, 4.69) is 28.8 Å². The van der Waals surface area contributed by atoms with Gasteiger partial charge in [-0.05, 0) is 116 Å². The maximum atomic E-state index is 12.5. The van der Waals surface area contributed by atoms with E-state index in [-0.39, 0.29) is 11.5 Å². The van der Waals surface area contributed by atoms with Crippen molar-refractivity contribution in [1.82, 2.24) is 0 Å². The van der Waals surface area contributed by atoms with Gasteiger partial charge in [0, 0.05) is 22.5 Å². The summed E-state index contributed by atoms with van der Waals surface area (Å²) in [5, 5.41) is 16.2. The number of carboxylic acids is 1. The van der Waals surface area contributed by atoms with Crippen LogP contribution in [0, 0.1) is 17.8 Å². The van der Waals surface area contributed by atoms with Crippen molar-refractivity contribution in [2.45, 2.75) is 56.8 Å². The molecule has 2 unspecified atom stereocenters. The van der Waals surface area contributed by atoms with Crippen LogP contribution >= 0.6 is 11.6 Å². The first-order valence-corrected chi connectivity index (χ1v) is 12.7. The fourth-order valence-corrected chi connectivity index (χ4v) is 7.65. The summed E-state index contributed by atoms with van der Waals surface area (Å²) in [4.78, 5) is 23.9. The third-order valence-corrected chi connectivity index (χ3v) is 9.02. The van der Waals surface area contributed by atoms with E-state index in [9.17, 15) is 14.7 Å². The van der Waals surface area contributed by atoms with Crippen molar-refractivity contribution in [3.05, 3.63) is 64.2 Å². The molecule has 0 radical (unpaired) electrons. The van der Waals surface area contributed by atoms with Crippen LogP contribution in [0.25, 0.3) is 0 Å². The molecule has 4 fully saturated rings. The minimum absolute atomic E-state index is 0.229. The molecule has 34 heavy (non-hydrogen) atoms. The first-order chi connectivity index (χ1) is 16.4. The number of carbonyl (C=O) groups excluding carboxylic acids is 1. The van der Waals surface area contributed by atoms with Gasteiger partial charge < -0.3 is 15.7 Å². The summed E-state index contributed by atoms with van der Waals surface area (Å²) in [7, 11) is 0. The maximum Gasteiger partial charge on any atom is 0.332 e. The summed E-state index contributed by atoms with van der Waals surface area (Å²) in [6, 6.07) is 13.9. The Labute approximate surface area is 204 Å². The van der Waals surface area contributed by atoms with Crippen LogP contribution in [0.15, 0.2) is 53.6 Å². The molecule has 2 aromatic rings. The number of anilines is 3. The van der Waals surface area contributed by atoms with E-state index < -0.39 is 5.97 Å². The van der Waals surface area contributed by atoms with Gasteiger partial charge in [0.25, 0.3) is 5.91 Å². The molecule has 0 saturated heterocycles. The molecule has 5 aliphatic rings. The Bertz CT molecular complexity index is 1190. The Hall–Kier alpha value is -2.79. The number of hydrogen-bond donors (Lipinski definition) is 3. The molecule has 7 rings (SSSR count). The topological polar surface area (TPSA) is 78.4 Å². The van der Waals surface area contributed by atoms with Crippen molar-refractivity contribution in [3.63, 3.8) is 0 Å². The second kappa shape index (κ2) is 8.16. The zero-order valence-electron chi connectivity index (χ0n) is 19.1. The number of rotatable bonds is 6. The van der Waals surface area contributed by atoms with Crippen molar-refractivity contribution in [2.24, 2.45) is 17.8 Å². The van der Waals surface area contributed by atoms with Crippen LogP contribution in [0.5, 0.6) is 0 Å². The SMILES string of the molecule is O=C(O)C1=C(C(=O)Nc2ccc(Nc3ccc(C45CC6CC(CC4C6)C5)cc3Cl)cc2)CCC1. The highest BCUT2D eigenvalue weighted by Crippen LogP contribution is 2.66. The molecule has 0 aliphatic heterocycles. The van der Waals surface area contributed by atoms with Crippen LogP contribution in [-0.4, -0.2) is 17.0 Å². The van der Waals surface area contributed by atoms with Crippen LogP contribution in [-0.2, 0) is 15.0 Å². The Kier molecular flexibility index (Phi) is 5.21. The molecular weight excluding hydrogens is 448 g/mol. The van der Waals surface area contributed by atoms with Crippen LogP contribution in [0.1, 0.15) is 56.9 Å². The summed E-state index contributed by atoms with van der Waals surface area (Å²) < 4.78 is 0. The zero-order valence-corrected chi connectivity index (χ0v) is 19.8. The lowest BCUT2D eigenvalue weighted by molar-refractivity contribution is -0.133. The minimum atomic E-state index is -1.00. The number of aliphatic carboxylic acids is 1. The van der Waals surface area contributed by atoms with Gasteiger partial charge in [0.1, 0.15) is 0 Å². The van der Waals surface area contributed by atoms with Crippen LogP contribution in [0.2, 0.25) is 5.02 Å². The lowest BCUT2D eigenvalue weighted by Gasteiger charge is -2.34. The molecule has 5 nitrogen and oxygen atoms in total. The van der Waals surface area contributed by atoms with Crippen LogP contribution < -0.4 is 10.6 Å². The summed E-state index contributed by atoms with van der Waals surface area (Å²) in [5.41, 5.74) is 4.75. The molecule has 2 atom stereocenters. The summed E-state index contributed by atoms with van der Waals surface area (Å²) in [5.74, 6) is 1.32. The fraction of sp³-hybridized carbons (Fsp3) is 0.429. The number of benzene rings is 2. The van der Waals surface area contributed by atoms with Gasteiger partial charge in [-0.3, -0.25) is 4.79 Å². The van der Waals surface area contributed by atoms with Crippen molar-refractivity contribution < 1.29 is 14.7 Å². The van der Waals surface area contributed by atoms with E-state index in [0.29, 0.717) is 35.9 Å². The van der Waals surface area contributed by atoms with Gasteiger partial charge in [0.05, 0.1) is 10.7 Å². The second-order valence-corrected chi connectivity index (χ2v) is 11.1. The first kappa shape index (κ1) is 21.7. The number of hydrogen-bond acceptors (Lipinski definition) is 3. The maximum absolute atomic E-state index is 12.5. The van der Waals surface area contributed by atoms with Crippen molar-refractivity contribution in [2.75, 3.05) is 10.6 Å².